The summed E-state index contributed by atoms with van der Waals surface area (Å²) < 4.78 is 5.83. The fourth-order valence-corrected chi connectivity index (χ4v) is 2.90. The van der Waals surface area contributed by atoms with Crippen molar-refractivity contribution < 1.29 is 4.42 Å². The van der Waals surface area contributed by atoms with Gasteiger partial charge < -0.3 is 9.40 Å². The summed E-state index contributed by atoms with van der Waals surface area (Å²) >= 11 is 0. The summed E-state index contributed by atoms with van der Waals surface area (Å²) in [6.45, 7) is 0. The number of rotatable bonds is 0. The Morgan fingerprint density at radius 3 is 2.55 bits per heavy atom. The molecule has 2 aromatic carbocycles. The maximum atomic E-state index is 5.83. The van der Waals surface area contributed by atoms with Crippen molar-refractivity contribution in [1.29, 1.82) is 0 Å². The lowest BCUT2D eigenvalue weighted by Crippen LogP contribution is -1.76. The maximum absolute atomic E-state index is 5.83. The van der Waals surface area contributed by atoms with Crippen molar-refractivity contribution in [3.63, 3.8) is 0 Å². The zero-order chi connectivity index (χ0) is 13.1. The first-order chi connectivity index (χ1) is 9.90. The van der Waals surface area contributed by atoms with E-state index in [1.54, 1.807) is 0 Å². The number of hydrogen-bond acceptors (Lipinski definition) is 2. The lowest BCUT2D eigenvalue weighted by atomic mass is 10.1. The molecule has 0 spiro atoms. The summed E-state index contributed by atoms with van der Waals surface area (Å²) in [5.41, 5.74) is 3.54. The van der Waals surface area contributed by atoms with Crippen LogP contribution in [0.2, 0.25) is 0 Å². The van der Waals surface area contributed by atoms with Gasteiger partial charge in [0.2, 0.25) is 5.71 Å². The summed E-state index contributed by atoms with van der Waals surface area (Å²) in [7, 11) is 0. The predicted molar refractivity (Wildman–Crippen MR) is 80.9 cm³/mol. The van der Waals surface area contributed by atoms with E-state index in [-0.39, 0.29) is 0 Å². The van der Waals surface area contributed by atoms with Crippen LogP contribution in [0, 0.1) is 0 Å². The molecule has 1 N–H and O–H groups in total. The van der Waals surface area contributed by atoms with Crippen LogP contribution in [0.4, 0.5) is 0 Å². The van der Waals surface area contributed by atoms with E-state index in [0.717, 1.165) is 32.9 Å². The number of pyridine rings is 1. The molecule has 0 amide bonds. The van der Waals surface area contributed by atoms with Crippen LogP contribution in [-0.2, 0) is 0 Å². The van der Waals surface area contributed by atoms with Crippen molar-refractivity contribution in [2.24, 2.45) is 0 Å². The number of H-pyrrole nitrogens is 1. The number of aromatic amines is 1. The molecule has 0 fully saturated rings. The first-order valence-electron chi connectivity index (χ1n) is 6.59. The van der Waals surface area contributed by atoms with Gasteiger partial charge in [-0.25, -0.2) is 0 Å². The number of aromatic nitrogens is 2. The van der Waals surface area contributed by atoms with E-state index >= 15 is 0 Å². The zero-order valence-electron chi connectivity index (χ0n) is 10.6. The number of nitrogens with one attached hydrogen (secondary N) is 1. The summed E-state index contributed by atoms with van der Waals surface area (Å²) in [5.74, 6) is 0. The van der Waals surface area contributed by atoms with Crippen molar-refractivity contribution in [3.05, 3.63) is 54.6 Å². The van der Waals surface area contributed by atoms with Crippen LogP contribution in [0.5, 0.6) is 0 Å². The summed E-state index contributed by atoms with van der Waals surface area (Å²) in [6.07, 6.45) is 0. The summed E-state index contributed by atoms with van der Waals surface area (Å²) in [6, 6.07) is 18.5. The van der Waals surface area contributed by atoms with Gasteiger partial charge in [-0.15, -0.1) is 0 Å². The van der Waals surface area contributed by atoms with Gasteiger partial charge >= 0.3 is 0 Å². The molecule has 0 aliphatic carbocycles. The molecule has 0 saturated carbocycles. The van der Waals surface area contributed by atoms with Crippen molar-refractivity contribution in [3.8, 4) is 0 Å². The van der Waals surface area contributed by atoms with Gasteiger partial charge in [-0.1, -0.05) is 36.4 Å². The van der Waals surface area contributed by atoms with E-state index in [1.807, 2.05) is 30.3 Å². The number of para-hydroxylation sites is 2. The van der Waals surface area contributed by atoms with E-state index in [1.165, 1.54) is 5.39 Å². The number of furan rings is 1. The Kier molecular flexibility index (Phi) is 1.70. The first-order valence-corrected chi connectivity index (χ1v) is 6.59. The molecule has 3 aromatic heterocycles. The van der Waals surface area contributed by atoms with E-state index in [4.69, 9.17) is 4.42 Å². The van der Waals surface area contributed by atoms with Crippen LogP contribution >= 0.6 is 0 Å². The van der Waals surface area contributed by atoms with Gasteiger partial charge in [-0.3, -0.25) is 0 Å². The topological polar surface area (TPSA) is 41.8 Å². The third-order valence-corrected chi connectivity index (χ3v) is 3.84. The number of nitrogens with zero attached hydrogens (tertiary/aromatic N) is 1. The average molecular weight is 258 g/mol. The minimum absolute atomic E-state index is 0.685. The van der Waals surface area contributed by atoms with Crippen LogP contribution in [0.15, 0.2) is 59.0 Å². The highest BCUT2D eigenvalue weighted by molar-refractivity contribution is 6.13. The maximum Gasteiger partial charge on any atom is 0.229 e. The molecule has 3 heteroatoms. The SMILES string of the molecule is c1ccc2c(c1)[nH]c1nc3oc4ccccc4c3cc12. The van der Waals surface area contributed by atoms with Crippen molar-refractivity contribution in [2.45, 2.75) is 0 Å². The highest BCUT2D eigenvalue weighted by Gasteiger charge is 2.12. The summed E-state index contributed by atoms with van der Waals surface area (Å²) in [4.78, 5) is 7.97. The molecule has 3 nitrogen and oxygen atoms in total. The Hall–Kier alpha value is -2.81. The van der Waals surface area contributed by atoms with E-state index in [9.17, 15) is 0 Å². The van der Waals surface area contributed by atoms with Gasteiger partial charge in [0.25, 0.3) is 0 Å². The molecule has 20 heavy (non-hydrogen) atoms. The Balaban J connectivity index is 2.06. The second kappa shape index (κ2) is 3.39. The van der Waals surface area contributed by atoms with Gasteiger partial charge in [0.1, 0.15) is 11.2 Å². The molecule has 3 heterocycles. The molecule has 0 bridgehead atoms. The molecule has 0 atom stereocenters. The third-order valence-electron chi connectivity index (χ3n) is 3.84. The minimum atomic E-state index is 0.685. The standard InChI is InChI=1S/C17H10N2O/c1-3-7-14-10(5-1)12-9-13-11-6-2-4-8-15(11)20-17(13)19-16(12)18-14/h1-9H,(H,18,19). The molecule has 5 rings (SSSR count). The van der Waals surface area contributed by atoms with Crippen LogP contribution in [-0.4, -0.2) is 9.97 Å². The second-order valence-corrected chi connectivity index (χ2v) is 5.01. The molecule has 5 aromatic rings. The average Bonchev–Trinajstić information content (AvgIpc) is 3.02. The van der Waals surface area contributed by atoms with E-state index in [2.05, 4.69) is 34.2 Å². The number of hydrogen-bond donors (Lipinski definition) is 1. The fraction of sp³-hybridized carbons (Fsp3) is 0. The largest absolute Gasteiger partial charge is 0.438 e. The van der Waals surface area contributed by atoms with Crippen LogP contribution in [0.3, 0.4) is 0 Å². The smallest absolute Gasteiger partial charge is 0.229 e. The molecule has 0 saturated heterocycles. The molecular weight excluding hydrogens is 248 g/mol. The summed E-state index contributed by atoms with van der Waals surface area (Å²) in [5, 5.41) is 4.52. The molecule has 0 radical (unpaired) electrons. The van der Waals surface area contributed by atoms with Gasteiger partial charge in [0.05, 0.1) is 0 Å². The molecule has 94 valence electrons. The van der Waals surface area contributed by atoms with Crippen LogP contribution in [0.1, 0.15) is 0 Å². The molecule has 0 unspecified atom stereocenters. The Morgan fingerprint density at radius 1 is 0.800 bits per heavy atom. The lowest BCUT2D eigenvalue weighted by Gasteiger charge is -1.91. The minimum Gasteiger partial charge on any atom is -0.438 e. The van der Waals surface area contributed by atoms with Crippen LogP contribution < -0.4 is 0 Å². The monoisotopic (exact) mass is 258 g/mol. The van der Waals surface area contributed by atoms with E-state index < -0.39 is 0 Å². The number of benzene rings is 2. The van der Waals surface area contributed by atoms with Crippen molar-refractivity contribution in [2.75, 3.05) is 0 Å². The predicted octanol–water partition coefficient (Wildman–Crippen LogP) is 4.62. The zero-order valence-corrected chi connectivity index (χ0v) is 10.6. The van der Waals surface area contributed by atoms with Gasteiger partial charge in [-0.05, 0) is 18.2 Å². The van der Waals surface area contributed by atoms with Gasteiger partial charge in [-0.2, -0.15) is 4.98 Å². The van der Waals surface area contributed by atoms with E-state index in [0.29, 0.717) is 5.71 Å². The number of fused-ring (bicyclic) bond motifs is 6. The van der Waals surface area contributed by atoms with Gasteiger partial charge in [0, 0.05) is 27.1 Å². The fourth-order valence-electron chi connectivity index (χ4n) is 2.90. The van der Waals surface area contributed by atoms with Crippen molar-refractivity contribution >= 4 is 44.0 Å². The lowest BCUT2D eigenvalue weighted by molar-refractivity contribution is 0.655. The Labute approximate surface area is 113 Å². The quantitative estimate of drug-likeness (QED) is 0.440. The third kappa shape index (κ3) is 1.17. The highest BCUT2D eigenvalue weighted by Crippen LogP contribution is 2.32. The normalized spacial score (nSPS) is 12.0. The molecule has 0 aliphatic heterocycles. The highest BCUT2D eigenvalue weighted by atomic mass is 16.3. The van der Waals surface area contributed by atoms with Crippen molar-refractivity contribution in [1.82, 2.24) is 9.97 Å². The Bertz CT molecular complexity index is 1020. The van der Waals surface area contributed by atoms with Gasteiger partial charge in [0.15, 0.2) is 0 Å². The molecule has 0 aliphatic rings. The second-order valence-electron chi connectivity index (χ2n) is 5.01. The first kappa shape index (κ1) is 10.0. The van der Waals surface area contributed by atoms with Crippen LogP contribution in [0.25, 0.3) is 44.0 Å². The molecular formula is C17H10N2O. The Morgan fingerprint density at radius 2 is 1.60 bits per heavy atom.